The zero-order valence-corrected chi connectivity index (χ0v) is 26.6. The number of aromatic nitrogens is 1. The van der Waals surface area contributed by atoms with E-state index in [1.54, 1.807) is 14.2 Å². The molecule has 45 heavy (non-hydrogen) atoms. The van der Waals surface area contributed by atoms with Gasteiger partial charge in [0.05, 0.1) is 18.6 Å². The Kier molecular flexibility index (Phi) is 9.45. The van der Waals surface area contributed by atoms with Gasteiger partial charge in [-0.15, -0.1) is 0 Å². The minimum absolute atomic E-state index is 0.0281. The monoisotopic (exact) mass is 614 g/mol. The molecule has 0 saturated carbocycles. The Balaban J connectivity index is 1.44. The molecule has 2 saturated heterocycles. The number of piperidine rings is 2. The molecule has 3 aliphatic heterocycles. The van der Waals surface area contributed by atoms with Gasteiger partial charge in [0.2, 0.25) is 17.7 Å². The van der Waals surface area contributed by atoms with Gasteiger partial charge < -0.3 is 29.6 Å². The minimum atomic E-state index is -0.854. The molecule has 2 N–H and O–H groups in total. The van der Waals surface area contributed by atoms with E-state index in [0.717, 1.165) is 66.7 Å². The first-order valence-corrected chi connectivity index (χ1v) is 16.5. The number of nitrogens with zero attached hydrogens (tertiary/aromatic N) is 2. The van der Waals surface area contributed by atoms with Crippen LogP contribution in [0.25, 0.3) is 10.9 Å². The Morgan fingerprint density at radius 3 is 2.60 bits per heavy atom. The molecule has 3 aliphatic rings. The normalized spacial score (nSPS) is 23.0. The van der Waals surface area contributed by atoms with E-state index in [1.807, 2.05) is 40.1 Å². The van der Waals surface area contributed by atoms with Gasteiger partial charge in [-0.3, -0.25) is 14.4 Å². The summed E-state index contributed by atoms with van der Waals surface area (Å²) in [6.07, 6.45) is 6.24. The number of fused-ring (bicyclic) bond motifs is 5. The number of aromatic amines is 1. The van der Waals surface area contributed by atoms with E-state index >= 15 is 0 Å². The van der Waals surface area contributed by atoms with Gasteiger partial charge in [-0.2, -0.15) is 0 Å². The van der Waals surface area contributed by atoms with E-state index in [2.05, 4.69) is 28.5 Å². The lowest BCUT2D eigenvalue weighted by atomic mass is 9.64. The number of carbonyl (C=O) groups excluding carboxylic acids is 3. The number of hydrogen-bond acceptors (Lipinski definition) is 5. The third-order valence-electron chi connectivity index (χ3n) is 10.2. The first-order chi connectivity index (χ1) is 22.0. The molecule has 0 radical (unpaired) electrons. The summed E-state index contributed by atoms with van der Waals surface area (Å²) < 4.78 is 10.7. The fraction of sp³-hybridized carbons (Fsp3) is 0.528. The molecule has 1 aromatic heterocycles. The van der Waals surface area contributed by atoms with Gasteiger partial charge in [0.1, 0.15) is 5.75 Å². The summed E-state index contributed by atoms with van der Waals surface area (Å²) in [7, 11) is 3.31. The predicted molar refractivity (Wildman–Crippen MR) is 173 cm³/mol. The van der Waals surface area contributed by atoms with Crippen LogP contribution in [0.1, 0.15) is 61.8 Å². The van der Waals surface area contributed by atoms with Gasteiger partial charge in [0, 0.05) is 68.8 Å². The second-order valence-corrected chi connectivity index (χ2v) is 12.8. The lowest BCUT2D eigenvalue weighted by molar-refractivity contribution is -0.167. The lowest BCUT2D eigenvalue weighted by Crippen LogP contribution is -2.66. The maximum Gasteiger partial charge on any atom is 0.228 e. The predicted octanol–water partition coefficient (Wildman–Crippen LogP) is 4.58. The number of carbonyl (C=O) groups is 3. The molecule has 3 aromatic rings. The highest BCUT2D eigenvalue weighted by Gasteiger charge is 2.59. The van der Waals surface area contributed by atoms with Crippen molar-refractivity contribution in [1.82, 2.24) is 20.1 Å². The molecule has 1 unspecified atom stereocenters. The lowest BCUT2D eigenvalue weighted by Gasteiger charge is -2.56. The third-order valence-corrected chi connectivity index (χ3v) is 10.2. The number of hydrogen-bond donors (Lipinski definition) is 2. The zero-order valence-electron chi connectivity index (χ0n) is 26.6. The number of nitrogens with one attached hydrogen (secondary N) is 2. The Morgan fingerprint density at radius 1 is 1.04 bits per heavy atom. The number of methoxy groups -OCH3 is 2. The second kappa shape index (κ2) is 13.6. The van der Waals surface area contributed by atoms with Crippen LogP contribution in [-0.2, 0) is 37.5 Å². The number of aryl methyl sites for hydroxylation is 1. The standard InChI is InChI=1S/C36H46N4O5/c1-44-21-9-17-37-32(41)23-26-22-30(35(43)39-18-7-4-8-19-39)36(16-14-25-10-5-3-6-11-25)33-28(15-20-40(36)34(26)42)29-24-27(45-2)12-13-31(29)38-33/h3,5-6,10-13,24,26,30,38H,4,7-9,14-23H2,1-2H3,(H,37,41)/t26?,30-,36+/m1/s1. The number of amides is 3. The van der Waals surface area contributed by atoms with Gasteiger partial charge in [0.15, 0.2) is 0 Å². The topological polar surface area (TPSA) is 104 Å². The molecule has 9 heteroatoms. The Hall–Kier alpha value is -3.85. The maximum atomic E-state index is 14.8. The average molecular weight is 615 g/mol. The SMILES string of the molecule is COCCCNC(=O)CC1C[C@H](C(=O)N2CCCCC2)[C@@]2(CCc3ccccc3)c3[nH]c4ccc(OC)cc4c3CCN2C1=O. The molecule has 6 rings (SSSR count). The highest BCUT2D eigenvalue weighted by atomic mass is 16.5. The van der Waals surface area contributed by atoms with Crippen molar-refractivity contribution in [3.05, 3.63) is 65.4 Å². The van der Waals surface area contributed by atoms with Crippen LogP contribution in [0.5, 0.6) is 5.75 Å². The Morgan fingerprint density at radius 2 is 1.84 bits per heavy atom. The molecular weight excluding hydrogens is 568 g/mol. The van der Waals surface area contributed by atoms with Gasteiger partial charge in [-0.25, -0.2) is 0 Å². The minimum Gasteiger partial charge on any atom is -0.497 e. The van der Waals surface area contributed by atoms with E-state index in [-0.39, 0.29) is 24.1 Å². The molecule has 3 amide bonds. The van der Waals surface area contributed by atoms with Gasteiger partial charge in [-0.1, -0.05) is 30.3 Å². The van der Waals surface area contributed by atoms with E-state index in [0.29, 0.717) is 45.4 Å². The van der Waals surface area contributed by atoms with E-state index in [1.165, 1.54) is 5.56 Å². The zero-order chi connectivity index (χ0) is 31.4. The van der Waals surface area contributed by atoms with Crippen LogP contribution in [0.15, 0.2) is 48.5 Å². The van der Waals surface area contributed by atoms with Crippen LogP contribution in [0.2, 0.25) is 0 Å². The van der Waals surface area contributed by atoms with E-state index in [4.69, 9.17) is 9.47 Å². The van der Waals surface area contributed by atoms with Crippen LogP contribution in [0, 0.1) is 11.8 Å². The van der Waals surface area contributed by atoms with E-state index < -0.39 is 17.4 Å². The fourth-order valence-electron chi connectivity index (χ4n) is 7.98. The first kappa shape index (κ1) is 31.1. The Bertz CT molecular complexity index is 1510. The summed E-state index contributed by atoms with van der Waals surface area (Å²) in [5, 5.41) is 4.04. The summed E-state index contributed by atoms with van der Waals surface area (Å²) in [5.41, 5.74) is 3.43. The van der Waals surface area contributed by atoms with Gasteiger partial charge in [0.25, 0.3) is 0 Å². The van der Waals surface area contributed by atoms with Crippen LogP contribution in [0.3, 0.4) is 0 Å². The molecule has 0 bridgehead atoms. The van der Waals surface area contributed by atoms with Crippen molar-refractivity contribution in [2.24, 2.45) is 11.8 Å². The van der Waals surface area contributed by atoms with Crippen molar-refractivity contribution in [3.63, 3.8) is 0 Å². The van der Waals surface area contributed by atoms with Gasteiger partial charge in [-0.05, 0) is 80.7 Å². The molecule has 4 heterocycles. The molecule has 2 aromatic carbocycles. The number of likely N-dealkylation sites (tertiary alicyclic amines) is 1. The van der Waals surface area contributed by atoms with Crippen LogP contribution >= 0.6 is 0 Å². The maximum absolute atomic E-state index is 14.8. The van der Waals surface area contributed by atoms with Crippen molar-refractivity contribution in [2.75, 3.05) is 47.0 Å². The molecule has 240 valence electrons. The van der Waals surface area contributed by atoms with Crippen molar-refractivity contribution in [2.45, 2.75) is 63.3 Å². The summed E-state index contributed by atoms with van der Waals surface area (Å²) in [6.45, 7) is 3.03. The van der Waals surface area contributed by atoms with Crippen molar-refractivity contribution < 1.29 is 23.9 Å². The highest BCUT2D eigenvalue weighted by molar-refractivity contribution is 5.93. The number of rotatable bonds is 11. The van der Waals surface area contributed by atoms with Crippen molar-refractivity contribution in [1.29, 1.82) is 0 Å². The Labute approximate surface area is 265 Å². The number of H-pyrrole nitrogens is 1. The summed E-state index contributed by atoms with van der Waals surface area (Å²) in [6, 6.07) is 16.4. The third kappa shape index (κ3) is 6.07. The first-order valence-electron chi connectivity index (χ1n) is 16.5. The summed E-state index contributed by atoms with van der Waals surface area (Å²) >= 11 is 0. The van der Waals surface area contributed by atoms with Crippen LogP contribution in [-0.4, -0.2) is 79.5 Å². The molecule has 3 atom stereocenters. The highest BCUT2D eigenvalue weighted by Crippen LogP contribution is 2.53. The fourth-order valence-corrected chi connectivity index (χ4v) is 7.98. The molecule has 0 aliphatic carbocycles. The molecule has 9 nitrogen and oxygen atoms in total. The van der Waals surface area contributed by atoms with Crippen molar-refractivity contribution in [3.8, 4) is 5.75 Å². The average Bonchev–Trinajstić information content (AvgIpc) is 3.46. The van der Waals surface area contributed by atoms with Crippen LogP contribution < -0.4 is 10.1 Å². The largest absolute Gasteiger partial charge is 0.497 e. The summed E-state index contributed by atoms with van der Waals surface area (Å²) in [4.78, 5) is 50.1. The van der Waals surface area contributed by atoms with E-state index in [9.17, 15) is 14.4 Å². The number of ether oxygens (including phenoxy) is 2. The quantitative estimate of drug-likeness (QED) is 0.308. The molecule has 0 spiro atoms. The van der Waals surface area contributed by atoms with Gasteiger partial charge >= 0.3 is 0 Å². The molecular formula is C36H46N4O5. The van der Waals surface area contributed by atoms with Crippen molar-refractivity contribution >= 4 is 28.6 Å². The molecule has 2 fully saturated rings. The second-order valence-electron chi connectivity index (χ2n) is 12.8. The smallest absolute Gasteiger partial charge is 0.228 e. The number of benzene rings is 2. The summed E-state index contributed by atoms with van der Waals surface area (Å²) in [5.74, 6) is -0.322. The van der Waals surface area contributed by atoms with Crippen LogP contribution in [0.4, 0.5) is 0 Å².